The summed E-state index contributed by atoms with van der Waals surface area (Å²) in [5.41, 5.74) is 2.47. The number of fused-ring (bicyclic) bond motifs is 2. The lowest BCUT2D eigenvalue weighted by Crippen LogP contribution is -2.47. The molecule has 1 amide bonds. The average Bonchev–Trinajstić information content (AvgIpc) is 2.78. The van der Waals surface area contributed by atoms with Gasteiger partial charge >= 0.3 is 0 Å². The first-order chi connectivity index (χ1) is 14.2. The standard InChI is InChI=1S/C21H22N6O2/c1-14(16-5-4-15-3-2-6-22-21(15)25-16)26-7-9-27(10-8-26)19-11-18-17(12-23-19)24-20(28)13-29-18/h2-6,11-12,14H,7-10,13H2,1H3,(H,24,28). The van der Waals surface area contributed by atoms with Crippen molar-refractivity contribution in [2.75, 3.05) is 43.0 Å². The number of pyridine rings is 3. The highest BCUT2D eigenvalue weighted by atomic mass is 16.5. The van der Waals surface area contributed by atoms with Crippen molar-refractivity contribution in [3.8, 4) is 5.75 Å². The number of anilines is 2. The zero-order chi connectivity index (χ0) is 19.8. The van der Waals surface area contributed by atoms with E-state index in [1.807, 2.05) is 18.2 Å². The fraction of sp³-hybridized carbons (Fsp3) is 0.333. The van der Waals surface area contributed by atoms with Crippen molar-refractivity contribution in [1.29, 1.82) is 0 Å². The fourth-order valence-electron chi connectivity index (χ4n) is 3.87. The molecule has 8 nitrogen and oxygen atoms in total. The Morgan fingerprint density at radius 2 is 2.00 bits per heavy atom. The van der Waals surface area contributed by atoms with Crippen LogP contribution in [0.15, 0.2) is 42.7 Å². The Bertz CT molecular complexity index is 1060. The molecule has 5 heterocycles. The third-order valence-corrected chi connectivity index (χ3v) is 5.58. The third-order valence-electron chi connectivity index (χ3n) is 5.58. The molecule has 2 aliphatic heterocycles. The van der Waals surface area contributed by atoms with Crippen LogP contribution < -0.4 is 15.0 Å². The van der Waals surface area contributed by atoms with Gasteiger partial charge in [0.25, 0.3) is 5.91 Å². The first kappa shape index (κ1) is 17.8. The van der Waals surface area contributed by atoms with E-state index in [1.54, 1.807) is 12.4 Å². The molecule has 5 rings (SSSR count). The number of amides is 1. The van der Waals surface area contributed by atoms with Gasteiger partial charge < -0.3 is 15.0 Å². The Morgan fingerprint density at radius 1 is 1.14 bits per heavy atom. The maximum Gasteiger partial charge on any atom is 0.262 e. The smallest absolute Gasteiger partial charge is 0.262 e. The quantitative estimate of drug-likeness (QED) is 0.734. The van der Waals surface area contributed by atoms with Gasteiger partial charge in [-0.1, -0.05) is 0 Å². The number of rotatable bonds is 3. The van der Waals surface area contributed by atoms with Crippen LogP contribution in [-0.4, -0.2) is 58.5 Å². The second kappa shape index (κ2) is 7.29. The highest BCUT2D eigenvalue weighted by Crippen LogP contribution is 2.31. The first-order valence-electron chi connectivity index (χ1n) is 9.81. The molecule has 1 saturated heterocycles. The molecule has 0 aromatic carbocycles. The Labute approximate surface area is 168 Å². The van der Waals surface area contributed by atoms with Crippen molar-refractivity contribution in [1.82, 2.24) is 19.9 Å². The summed E-state index contributed by atoms with van der Waals surface area (Å²) in [7, 11) is 0. The van der Waals surface area contributed by atoms with E-state index in [0.29, 0.717) is 11.4 Å². The van der Waals surface area contributed by atoms with Crippen molar-refractivity contribution < 1.29 is 9.53 Å². The van der Waals surface area contributed by atoms with Gasteiger partial charge in [-0.3, -0.25) is 9.69 Å². The second-order valence-corrected chi connectivity index (χ2v) is 7.36. The van der Waals surface area contributed by atoms with E-state index in [2.05, 4.69) is 44.1 Å². The van der Waals surface area contributed by atoms with E-state index >= 15 is 0 Å². The molecule has 0 radical (unpaired) electrons. The topological polar surface area (TPSA) is 83.5 Å². The molecule has 0 aliphatic carbocycles. The highest BCUT2D eigenvalue weighted by molar-refractivity contribution is 5.95. The van der Waals surface area contributed by atoms with Crippen LogP contribution in [0.4, 0.5) is 11.5 Å². The van der Waals surface area contributed by atoms with Crippen LogP contribution in [0.2, 0.25) is 0 Å². The van der Waals surface area contributed by atoms with E-state index in [-0.39, 0.29) is 18.6 Å². The zero-order valence-corrected chi connectivity index (χ0v) is 16.2. The van der Waals surface area contributed by atoms with Crippen molar-refractivity contribution in [3.63, 3.8) is 0 Å². The summed E-state index contributed by atoms with van der Waals surface area (Å²) in [5, 5.41) is 3.84. The lowest BCUT2D eigenvalue weighted by atomic mass is 10.1. The van der Waals surface area contributed by atoms with E-state index in [4.69, 9.17) is 9.72 Å². The molecule has 1 N–H and O–H groups in total. The maximum atomic E-state index is 11.4. The molecular weight excluding hydrogens is 368 g/mol. The van der Waals surface area contributed by atoms with E-state index in [1.165, 1.54) is 0 Å². The van der Waals surface area contributed by atoms with Crippen LogP contribution in [0.1, 0.15) is 18.7 Å². The van der Waals surface area contributed by atoms with Crippen molar-refractivity contribution in [2.45, 2.75) is 13.0 Å². The molecule has 0 spiro atoms. The van der Waals surface area contributed by atoms with Crippen molar-refractivity contribution in [3.05, 3.63) is 48.4 Å². The van der Waals surface area contributed by atoms with Crippen LogP contribution in [0.5, 0.6) is 5.75 Å². The molecular formula is C21H22N6O2. The fourth-order valence-corrected chi connectivity index (χ4v) is 3.87. The SMILES string of the molecule is CC(c1ccc2cccnc2n1)N1CCN(c2cc3c(cn2)NC(=O)CO3)CC1. The second-order valence-electron chi connectivity index (χ2n) is 7.36. The maximum absolute atomic E-state index is 11.4. The van der Waals surface area contributed by atoms with Gasteiger partial charge in [-0.25, -0.2) is 15.0 Å². The predicted octanol–water partition coefficient (Wildman–Crippen LogP) is 2.24. The summed E-state index contributed by atoms with van der Waals surface area (Å²) < 4.78 is 5.52. The van der Waals surface area contributed by atoms with Crippen LogP contribution in [0.25, 0.3) is 11.0 Å². The van der Waals surface area contributed by atoms with E-state index in [9.17, 15) is 4.79 Å². The van der Waals surface area contributed by atoms with E-state index in [0.717, 1.165) is 48.7 Å². The van der Waals surface area contributed by atoms with Gasteiger partial charge in [-0.15, -0.1) is 0 Å². The number of ether oxygens (including phenoxy) is 1. The molecule has 3 aromatic rings. The summed E-state index contributed by atoms with van der Waals surface area (Å²) in [4.78, 5) is 29.7. The molecule has 29 heavy (non-hydrogen) atoms. The largest absolute Gasteiger partial charge is 0.481 e. The summed E-state index contributed by atoms with van der Waals surface area (Å²) >= 11 is 0. The molecule has 1 fully saturated rings. The van der Waals surface area contributed by atoms with Gasteiger partial charge in [0.15, 0.2) is 12.3 Å². The lowest BCUT2D eigenvalue weighted by Gasteiger charge is -2.38. The monoisotopic (exact) mass is 390 g/mol. The molecule has 2 aliphatic rings. The minimum Gasteiger partial charge on any atom is -0.481 e. The number of aromatic nitrogens is 3. The summed E-state index contributed by atoms with van der Waals surface area (Å²) in [6.45, 7) is 5.82. The van der Waals surface area contributed by atoms with Crippen LogP contribution in [0.3, 0.4) is 0 Å². The number of nitrogens with one attached hydrogen (secondary N) is 1. The summed E-state index contributed by atoms with van der Waals surface area (Å²) in [5.74, 6) is 1.41. The lowest BCUT2D eigenvalue weighted by molar-refractivity contribution is -0.118. The number of carbonyl (C=O) groups is 1. The molecule has 1 unspecified atom stereocenters. The Balaban J connectivity index is 1.26. The summed E-state index contributed by atoms with van der Waals surface area (Å²) in [6, 6.07) is 10.3. The minimum absolute atomic E-state index is 0.0510. The van der Waals surface area contributed by atoms with Gasteiger partial charge in [0.1, 0.15) is 17.3 Å². The molecule has 148 valence electrons. The Kier molecular flexibility index (Phi) is 4.48. The van der Waals surface area contributed by atoms with Crippen molar-refractivity contribution >= 4 is 28.4 Å². The third kappa shape index (κ3) is 3.47. The number of hydrogen-bond donors (Lipinski definition) is 1. The minimum atomic E-state index is -0.146. The van der Waals surface area contributed by atoms with Crippen LogP contribution in [-0.2, 0) is 4.79 Å². The Hall–Kier alpha value is -3.26. The predicted molar refractivity (Wildman–Crippen MR) is 110 cm³/mol. The first-order valence-corrected chi connectivity index (χ1v) is 9.81. The molecule has 8 heteroatoms. The molecule has 3 aromatic heterocycles. The Morgan fingerprint density at radius 3 is 2.86 bits per heavy atom. The number of nitrogens with zero attached hydrogens (tertiary/aromatic N) is 5. The number of hydrogen-bond acceptors (Lipinski definition) is 7. The molecule has 1 atom stereocenters. The van der Waals surface area contributed by atoms with Gasteiger partial charge in [0, 0.05) is 49.9 Å². The van der Waals surface area contributed by atoms with Gasteiger partial charge in [0.2, 0.25) is 0 Å². The van der Waals surface area contributed by atoms with Gasteiger partial charge in [0.05, 0.1) is 11.9 Å². The van der Waals surface area contributed by atoms with Crippen molar-refractivity contribution in [2.24, 2.45) is 0 Å². The van der Waals surface area contributed by atoms with Gasteiger partial charge in [-0.05, 0) is 31.2 Å². The van der Waals surface area contributed by atoms with E-state index < -0.39 is 0 Å². The average molecular weight is 390 g/mol. The molecule has 0 bridgehead atoms. The number of carbonyl (C=O) groups excluding carboxylic acids is 1. The van der Waals surface area contributed by atoms with Crippen LogP contribution >= 0.6 is 0 Å². The highest BCUT2D eigenvalue weighted by Gasteiger charge is 2.25. The van der Waals surface area contributed by atoms with Gasteiger partial charge in [-0.2, -0.15) is 0 Å². The van der Waals surface area contributed by atoms with Crippen LogP contribution in [0, 0.1) is 0 Å². The zero-order valence-electron chi connectivity index (χ0n) is 16.2. The normalized spacial score (nSPS) is 18.1. The summed E-state index contributed by atoms with van der Waals surface area (Å²) in [6.07, 6.45) is 3.45. The number of piperazine rings is 1. The molecule has 0 saturated carbocycles.